The van der Waals surface area contributed by atoms with E-state index in [2.05, 4.69) is 15.6 Å². The number of hydrogen-bond donors (Lipinski definition) is 2. The third-order valence-corrected chi connectivity index (χ3v) is 2.64. The Morgan fingerprint density at radius 3 is 2.82 bits per heavy atom. The van der Waals surface area contributed by atoms with Gasteiger partial charge < -0.3 is 15.2 Å². The largest absolute Gasteiger partial charge is 0.354 e. The molecule has 0 spiro atoms. The summed E-state index contributed by atoms with van der Waals surface area (Å²) in [5, 5.41) is 6.60. The van der Waals surface area contributed by atoms with Crippen molar-refractivity contribution in [1.82, 2.24) is 20.2 Å². The smallest absolute Gasteiger partial charge is 0.221 e. The van der Waals surface area contributed by atoms with Gasteiger partial charge >= 0.3 is 0 Å². The number of aromatic nitrogens is 2. The molecule has 0 aromatic carbocycles. The zero-order valence-corrected chi connectivity index (χ0v) is 11.2. The van der Waals surface area contributed by atoms with Gasteiger partial charge in [0.1, 0.15) is 11.0 Å². The molecule has 0 unspecified atom stereocenters. The molecule has 1 heterocycles. The van der Waals surface area contributed by atoms with E-state index in [1.54, 1.807) is 6.20 Å². The molecule has 0 aliphatic carbocycles. The fraction of sp³-hybridized carbons (Fsp3) is 0.636. The Hall–Kier alpha value is -1.07. The summed E-state index contributed by atoms with van der Waals surface area (Å²) >= 11 is 5.86. The lowest BCUT2D eigenvalue weighted by molar-refractivity contribution is -0.121. The van der Waals surface area contributed by atoms with Crippen LogP contribution in [-0.4, -0.2) is 28.0 Å². The molecule has 0 bridgehead atoms. The Kier molecular flexibility index (Phi) is 5.44. The zero-order chi connectivity index (χ0) is 12.8. The number of hydrogen-bond acceptors (Lipinski definition) is 3. The van der Waals surface area contributed by atoms with Crippen molar-refractivity contribution >= 4 is 17.5 Å². The summed E-state index contributed by atoms with van der Waals surface area (Å²) in [6.45, 7) is 5.13. The summed E-state index contributed by atoms with van der Waals surface area (Å²) in [6.07, 6.45) is 2.08. The van der Waals surface area contributed by atoms with Gasteiger partial charge in [-0.2, -0.15) is 0 Å². The standard InChI is InChI=1S/C11H19ClN4O/c1-8(2)15-11(17)4-5-13-7-10-14-6-9(12)16(10)3/h6,8,13H,4-5,7H2,1-3H3,(H,15,17). The molecular formula is C11H19ClN4O. The predicted octanol–water partition coefficient (Wildman–Crippen LogP) is 1.08. The number of nitrogens with zero attached hydrogens (tertiary/aromatic N) is 2. The summed E-state index contributed by atoms with van der Waals surface area (Å²) < 4.78 is 1.81. The molecule has 1 aromatic heterocycles. The maximum atomic E-state index is 11.3. The van der Waals surface area contributed by atoms with E-state index >= 15 is 0 Å². The number of nitrogens with one attached hydrogen (secondary N) is 2. The maximum absolute atomic E-state index is 11.3. The summed E-state index contributed by atoms with van der Waals surface area (Å²) in [7, 11) is 1.86. The van der Waals surface area contributed by atoms with Crippen LogP contribution in [0.2, 0.25) is 5.15 Å². The van der Waals surface area contributed by atoms with Crippen LogP contribution >= 0.6 is 11.6 Å². The van der Waals surface area contributed by atoms with Crippen molar-refractivity contribution in [3.8, 4) is 0 Å². The third kappa shape index (κ3) is 4.75. The van der Waals surface area contributed by atoms with Crippen molar-refractivity contribution in [2.75, 3.05) is 6.54 Å². The molecule has 0 aliphatic heterocycles. The Labute approximate surface area is 107 Å². The molecule has 6 heteroatoms. The van der Waals surface area contributed by atoms with Gasteiger partial charge in [0.05, 0.1) is 12.7 Å². The second kappa shape index (κ2) is 6.61. The van der Waals surface area contributed by atoms with Gasteiger partial charge in [0.15, 0.2) is 0 Å². The Morgan fingerprint density at radius 1 is 1.59 bits per heavy atom. The molecule has 17 heavy (non-hydrogen) atoms. The first-order valence-electron chi connectivity index (χ1n) is 5.67. The number of amides is 1. The van der Waals surface area contributed by atoms with Gasteiger partial charge in [-0.3, -0.25) is 4.79 Å². The summed E-state index contributed by atoms with van der Waals surface area (Å²) in [5.74, 6) is 0.921. The first-order valence-corrected chi connectivity index (χ1v) is 6.04. The topological polar surface area (TPSA) is 59.0 Å². The molecule has 5 nitrogen and oxygen atoms in total. The predicted molar refractivity (Wildman–Crippen MR) is 67.8 cm³/mol. The summed E-state index contributed by atoms with van der Waals surface area (Å²) in [6, 6.07) is 0.191. The van der Waals surface area contributed by atoms with E-state index in [4.69, 9.17) is 11.6 Å². The van der Waals surface area contributed by atoms with Gasteiger partial charge in [-0.25, -0.2) is 4.98 Å². The van der Waals surface area contributed by atoms with Gasteiger partial charge in [0.2, 0.25) is 5.91 Å². The second-order valence-electron chi connectivity index (χ2n) is 4.21. The SMILES string of the molecule is CC(C)NC(=O)CCNCc1ncc(Cl)n1C. The van der Waals surface area contributed by atoms with Crippen LogP contribution in [-0.2, 0) is 18.4 Å². The summed E-state index contributed by atoms with van der Waals surface area (Å²) in [5.41, 5.74) is 0. The van der Waals surface area contributed by atoms with Crippen molar-refractivity contribution in [2.45, 2.75) is 32.9 Å². The second-order valence-corrected chi connectivity index (χ2v) is 4.59. The molecule has 96 valence electrons. The van der Waals surface area contributed by atoms with Crippen LogP contribution in [0.15, 0.2) is 6.20 Å². The van der Waals surface area contributed by atoms with E-state index in [1.165, 1.54) is 0 Å². The van der Waals surface area contributed by atoms with Gasteiger partial charge in [-0.15, -0.1) is 0 Å². The van der Waals surface area contributed by atoms with Crippen molar-refractivity contribution < 1.29 is 4.79 Å². The molecule has 0 saturated heterocycles. The fourth-order valence-corrected chi connectivity index (χ4v) is 1.53. The van der Waals surface area contributed by atoms with E-state index in [0.717, 1.165) is 5.82 Å². The highest BCUT2D eigenvalue weighted by molar-refractivity contribution is 6.29. The minimum atomic E-state index is 0.0605. The van der Waals surface area contributed by atoms with Gasteiger partial charge in [-0.1, -0.05) is 11.6 Å². The number of carbonyl (C=O) groups excluding carboxylic acids is 1. The monoisotopic (exact) mass is 258 g/mol. The Balaban J connectivity index is 2.20. The minimum absolute atomic E-state index is 0.0605. The summed E-state index contributed by atoms with van der Waals surface area (Å²) in [4.78, 5) is 15.5. The van der Waals surface area contributed by atoms with Crippen LogP contribution in [0.1, 0.15) is 26.1 Å². The molecule has 2 N–H and O–H groups in total. The maximum Gasteiger partial charge on any atom is 0.221 e. The molecule has 1 rings (SSSR count). The van der Waals surface area contributed by atoms with Crippen molar-refractivity contribution in [1.29, 1.82) is 0 Å². The highest BCUT2D eigenvalue weighted by Crippen LogP contribution is 2.08. The van der Waals surface area contributed by atoms with E-state index in [9.17, 15) is 4.79 Å². The highest BCUT2D eigenvalue weighted by atomic mass is 35.5. The highest BCUT2D eigenvalue weighted by Gasteiger charge is 2.05. The number of imidazole rings is 1. The average molecular weight is 259 g/mol. The molecule has 1 aromatic rings. The van der Waals surface area contributed by atoms with Crippen LogP contribution in [0.4, 0.5) is 0 Å². The third-order valence-electron chi connectivity index (χ3n) is 2.29. The molecule has 0 saturated carbocycles. The molecule has 1 amide bonds. The minimum Gasteiger partial charge on any atom is -0.354 e. The normalized spacial score (nSPS) is 10.9. The van der Waals surface area contributed by atoms with Crippen LogP contribution < -0.4 is 10.6 Å². The van der Waals surface area contributed by atoms with Crippen molar-refractivity contribution in [2.24, 2.45) is 7.05 Å². The van der Waals surface area contributed by atoms with Crippen molar-refractivity contribution in [3.63, 3.8) is 0 Å². The quantitative estimate of drug-likeness (QED) is 0.751. The molecular weight excluding hydrogens is 240 g/mol. The first kappa shape index (κ1) is 14.0. The van der Waals surface area contributed by atoms with Gasteiger partial charge in [-0.05, 0) is 13.8 Å². The molecule has 0 fully saturated rings. The molecule has 0 radical (unpaired) electrons. The Bertz CT molecular complexity index is 376. The van der Waals surface area contributed by atoms with E-state index in [-0.39, 0.29) is 11.9 Å². The van der Waals surface area contributed by atoms with Gasteiger partial charge in [0, 0.05) is 26.1 Å². The van der Waals surface area contributed by atoms with E-state index in [0.29, 0.717) is 24.7 Å². The average Bonchev–Trinajstić information content (AvgIpc) is 2.54. The van der Waals surface area contributed by atoms with E-state index < -0.39 is 0 Å². The lowest BCUT2D eigenvalue weighted by Gasteiger charge is -2.08. The van der Waals surface area contributed by atoms with Crippen LogP contribution in [0, 0.1) is 0 Å². The van der Waals surface area contributed by atoms with Crippen LogP contribution in [0.25, 0.3) is 0 Å². The van der Waals surface area contributed by atoms with E-state index in [1.807, 2.05) is 25.5 Å². The molecule has 0 aliphatic rings. The van der Waals surface area contributed by atoms with Gasteiger partial charge in [0.25, 0.3) is 0 Å². The Morgan fingerprint density at radius 2 is 2.29 bits per heavy atom. The molecule has 0 atom stereocenters. The first-order chi connectivity index (χ1) is 8.00. The number of halogens is 1. The van der Waals surface area contributed by atoms with Crippen molar-refractivity contribution in [3.05, 3.63) is 17.2 Å². The fourth-order valence-electron chi connectivity index (χ4n) is 1.38. The lowest BCUT2D eigenvalue weighted by Crippen LogP contribution is -2.32. The number of rotatable bonds is 6. The number of carbonyl (C=O) groups is 1. The van der Waals surface area contributed by atoms with Crippen LogP contribution in [0.5, 0.6) is 0 Å². The zero-order valence-electron chi connectivity index (χ0n) is 10.5. The lowest BCUT2D eigenvalue weighted by atomic mass is 10.3. The van der Waals surface area contributed by atoms with Crippen LogP contribution in [0.3, 0.4) is 0 Å².